The molecule has 15 heavy (non-hydrogen) atoms. The molecule has 0 spiro atoms. The molecule has 4 heteroatoms. The Balaban J connectivity index is 1.94. The SMILES string of the molecule is CCNCc1cncn1C1CC(OC)C1. The summed E-state index contributed by atoms with van der Waals surface area (Å²) in [5, 5.41) is 3.33. The van der Waals surface area contributed by atoms with Gasteiger partial charge in [0.2, 0.25) is 0 Å². The zero-order chi connectivity index (χ0) is 10.7. The van der Waals surface area contributed by atoms with Crippen molar-refractivity contribution >= 4 is 0 Å². The molecule has 0 radical (unpaired) electrons. The molecular formula is C11H19N3O. The van der Waals surface area contributed by atoms with Crippen LogP contribution in [-0.2, 0) is 11.3 Å². The topological polar surface area (TPSA) is 39.1 Å². The second-order valence-electron chi connectivity index (χ2n) is 4.06. The Bertz CT molecular complexity index is 305. The van der Waals surface area contributed by atoms with Crippen LogP contribution in [0, 0.1) is 0 Å². The fourth-order valence-corrected chi connectivity index (χ4v) is 2.01. The number of hydrogen-bond acceptors (Lipinski definition) is 3. The van der Waals surface area contributed by atoms with Gasteiger partial charge in [-0.25, -0.2) is 4.98 Å². The third kappa shape index (κ3) is 2.21. The highest BCUT2D eigenvalue weighted by molar-refractivity contribution is 5.03. The van der Waals surface area contributed by atoms with Crippen molar-refractivity contribution in [2.24, 2.45) is 0 Å². The van der Waals surface area contributed by atoms with Crippen molar-refractivity contribution in [3.63, 3.8) is 0 Å². The van der Waals surface area contributed by atoms with E-state index >= 15 is 0 Å². The van der Waals surface area contributed by atoms with Gasteiger partial charge < -0.3 is 14.6 Å². The van der Waals surface area contributed by atoms with Crippen LogP contribution in [-0.4, -0.2) is 29.3 Å². The summed E-state index contributed by atoms with van der Waals surface area (Å²) in [4.78, 5) is 4.21. The molecule has 1 aromatic heterocycles. The summed E-state index contributed by atoms with van der Waals surface area (Å²) in [7, 11) is 1.79. The molecule has 1 saturated carbocycles. The zero-order valence-corrected chi connectivity index (χ0v) is 9.44. The Morgan fingerprint density at radius 1 is 1.60 bits per heavy atom. The van der Waals surface area contributed by atoms with Crippen LogP contribution in [0.4, 0.5) is 0 Å². The predicted molar refractivity (Wildman–Crippen MR) is 58.7 cm³/mol. The van der Waals surface area contributed by atoms with Crippen LogP contribution in [0.2, 0.25) is 0 Å². The first kappa shape index (κ1) is 10.6. The average molecular weight is 209 g/mol. The van der Waals surface area contributed by atoms with Gasteiger partial charge in [-0.3, -0.25) is 0 Å². The van der Waals surface area contributed by atoms with Gasteiger partial charge in [-0.1, -0.05) is 6.92 Å². The second kappa shape index (κ2) is 4.77. The molecule has 0 bridgehead atoms. The highest BCUT2D eigenvalue weighted by Gasteiger charge is 2.31. The van der Waals surface area contributed by atoms with Crippen molar-refractivity contribution in [2.45, 2.75) is 38.5 Å². The number of ether oxygens (including phenoxy) is 1. The lowest BCUT2D eigenvalue weighted by Gasteiger charge is -2.35. The van der Waals surface area contributed by atoms with Gasteiger partial charge in [0.1, 0.15) is 0 Å². The van der Waals surface area contributed by atoms with Gasteiger partial charge in [0, 0.05) is 25.9 Å². The lowest BCUT2D eigenvalue weighted by Crippen LogP contribution is -2.33. The van der Waals surface area contributed by atoms with Gasteiger partial charge in [-0.15, -0.1) is 0 Å². The van der Waals surface area contributed by atoms with E-state index in [1.807, 2.05) is 12.5 Å². The fourth-order valence-electron chi connectivity index (χ4n) is 2.01. The van der Waals surface area contributed by atoms with Gasteiger partial charge in [-0.05, 0) is 19.4 Å². The Labute approximate surface area is 90.6 Å². The molecule has 0 aliphatic heterocycles. The van der Waals surface area contributed by atoms with Crippen LogP contribution in [0.1, 0.15) is 31.5 Å². The summed E-state index contributed by atoms with van der Waals surface area (Å²) in [5.41, 5.74) is 1.27. The van der Waals surface area contributed by atoms with E-state index < -0.39 is 0 Å². The third-order valence-corrected chi connectivity index (χ3v) is 3.10. The van der Waals surface area contributed by atoms with E-state index in [9.17, 15) is 0 Å². The molecule has 1 N–H and O–H groups in total. The molecule has 1 aliphatic carbocycles. The normalized spacial score (nSPS) is 25.2. The molecule has 0 unspecified atom stereocenters. The van der Waals surface area contributed by atoms with E-state index in [2.05, 4.69) is 21.8 Å². The summed E-state index contributed by atoms with van der Waals surface area (Å²) in [5.74, 6) is 0. The van der Waals surface area contributed by atoms with E-state index in [4.69, 9.17) is 4.74 Å². The maximum Gasteiger partial charge on any atom is 0.0951 e. The van der Waals surface area contributed by atoms with Gasteiger partial charge in [0.25, 0.3) is 0 Å². The highest BCUT2D eigenvalue weighted by Crippen LogP contribution is 2.34. The Kier molecular flexibility index (Phi) is 3.38. The van der Waals surface area contributed by atoms with Crippen molar-refractivity contribution in [2.75, 3.05) is 13.7 Å². The maximum atomic E-state index is 5.29. The number of aromatic nitrogens is 2. The largest absolute Gasteiger partial charge is 0.381 e. The lowest BCUT2D eigenvalue weighted by molar-refractivity contribution is 0.00537. The first-order chi connectivity index (χ1) is 7.35. The fraction of sp³-hybridized carbons (Fsp3) is 0.727. The molecular weight excluding hydrogens is 190 g/mol. The van der Waals surface area contributed by atoms with Gasteiger partial charge in [-0.2, -0.15) is 0 Å². The summed E-state index contributed by atoms with van der Waals surface area (Å²) in [6.07, 6.45) is 6.56. The molecule has 0 atom stereocenters. The molecule has 1 aliphatic rings. The summed E-state index contributed by atoms with van der Waals surface area (Å²) >= 11 is 0. The Morgan fingerprint density at radius 3 is 3.07 bits per heavy atom. The molecule has 4 nitrogen and oxygen atoms in total. The molecule has 1 fully saturated rings. The van der Waals surface area contributed by atoms with Crippen LogP contribution >= 0.6 is 0 Å². The smallest absolute Gasteiger partial charge is 0.0951 e. The minimum atomic E-state index is 0.449. The van der Waals surface area contributed by atoms with Crippen LogP contribution in [0.5, 0.6) is 0 Å². The van der Waals surface area contributed by atoms with E-state index in [1.54, 1.807) is 7.11 Å². The Morgan fingerprint density at radius 2 is 2.40 bits per heavy atom. The minimum absolute atomic E-state index is 0.449. The quantitative estimate of drug-likeness (QED) is 0.795. The molecule has 0 saturated heterocycles. The molecule has 1 aromatic rings. The molecule has 84 valence electrons. The van der Waals surface area contributed by atoms with Crippen LogP contribution in [0.3, 0.4) is 0 Å². The van der Waals surface area contributed by atoms with Gasteiger partial charge >= 0.3 is 0 Å². The third-order valence-electron chi connectivity index (χ3n) is 3.10. The standard InChI is InChI=1S/C11H19N3O/c1-3-12-6-10-7-13-8-14(10)9-4-11(5-9)15-2/h7-9,11-12H,3-6H2,1-2H3. The number of nitrogens with one attached hydrogen (secondary N) is 1. The van der Waals surface area contributed by atoms with Crippen LogP contribution in [0.25, 0.3) is 0 Å². The highest BCUT2D eigenvalue weighted by atomic mass is 16.5. The van der Waals surface area contributed by atoms with Gasteiger partial charge in [0.15, 0.2) is 0 Å². The number of imidazole rings is 1. The van der Waals surface area contributed by atoms with E-state index in [1.165, 1.54) is 5.69 Å². The Hall–Kier alpha value is -0.870. The predicted octanol–water partition coefficient (Wildman–Crippen LogP) is 1.34. The molecule has 0 amide bonds. The number of methoxy groups -OCH3 is 1. The monoisotopic (exact) mass is 209 g/mol. The minimum Gasteiger partial charge on any atom is -0.381 e. The van der Waals surface area contributed by atoms with Crippen LogP contribution in [0.15, 0.2) is 12.5 Å². The van der Waals surface area contributed by atoms with Crippen molar-refractivity contribution in [1.29, 1.82) is 0 Å². The first-order valence-electron chi connectivity index (χ1n) is 5.59. The number of hydrogen-bond donors (Lipinski definition) is 1. The number of rotatable bonds is 5. The zero-order valence-electron chi connectivity index (χ0n) is 9.44. The molecule has 2 rings (SSSR count). The van der Waals surface area contributed by atoms with Crippen molar-refractivity contribution in [3.8, 4) is 0 Å². The molecule has 1 heterocycles. The van der Waals surface area contributed by atoms with E-state index in [0.29, 0.717) is 12.1 Å². The summed E-state index contributed by atoms with van der Waals surface area (Å²) in [6, 6.07) is 0.589. The molecule has 0 aromatic carbocycles. The number of nitrogens with zero attached hydrogens (tertiary/aromatic N) is 2. The first-order valence-corrected chi connectivity index (χ1v) is 5.59. The summed E-state index contributed by atoms with van der Waals surface area (Å²) < 4.78 is 7.56. The van der Waals surface area contributed by atoms with Crippen LogP contribution < -0.4 is 5.32 Å². The van der Waals surface area contributed by atoms with E-state index in [-0.39, 0.29) is 0 Å². The van der Waals surface area contributed by atoms with Crippen molar-refractivity contribution < 1.29 is 4.74 Å². The van der Waals surface area contributed by atoms with E-state index in [0.717, 1.165) is 25.9 Å². The summed E-state index contributed by atoms with van der Waals surface area (Å²) in [6.45, 7) is 4.02. The maximum absolute atomic E-state index is 5.29. The van der Waals surface area contributed by atoms with Gasteiger partial charge in [0.05, 0.1) is 18.1 Å². The van der Waals surface area contributed by atoms with Crippen molar-refractivity contribution in [1.82, 2.24) is 14.9 Å². The second-order valence-corrected chi connectivity index (χ2v) is 4.06. The average Bonchev–Trinajstić information content (AvgIpc) is 2.61. The van der Waals surface area contributed by atoms with Crippen molar-refractivity contribution in [3.05, 3.63) is 18.2 Å². The lowest BCUT2D eigenvalue weighted by atomic mass is 9.89.